The maximum absolute atomic E-state index is 13.1. The molecule has 0 saturated carbocycles. The number of carbonyl (C=O) groups excluding carboxylic acids is 1. The summed E-state index contributed by atoms with van der Waals surface area (Å²) in [7, 11) is -3.76. The van der Waals surface area contributed by atoms with E-state index in [9.17, 15) is 13.2 Å². The first-order valence-corrected chi connectivity index (χ1v) is 10.4. The number of hydrogen-bond acceptors (Lipinski definition) is 4. The molecule has 0 radical (unpaired) electrons. The van der Waals surface area contributed by atoms with Gasteiger partial charge in [0.2, 0.25) is 0 Å². The topological polar surface area (TPSA) is 63.7 Å². The van der Waals surface area contributed by atoms with Crippen molar-refractivity contribution in [3.8, 4) is 5.75 Å². The molecule has 5 nitrogen and oxygen atoms in total. The molecular weight excluding hydrogens is 374 g/mol. The average molecular weight is 393 g/mol. The third kappa shape index (κ3) is 3.27. The maximum Gasteiger partial charge on any atom is 0.264 e. The minimum Gasteiger partial charge on any atom is -0.489 e. The van der Waals surface area contributed by atoms with Gasteiger partial charge in [0, 0.05) is 12.1 Å². The van der Waals surface area contributed by atoms with E-state index in [1.807, 2.05) is 30.3 Å². The molecule has 3 aromatic rings. The molecule has 0 bridgehead atoms. The van der Waals surface area contributed by atoms with Crippen LogP contribution in [0.3, 0.4) is 0 Å². The Labute approximate surface area is 164 Å². The second kappa shape index (κ2) is 7.48. The number of nitrogens with zero attached hydrogens (tertiary/aromatic N) is 1. The van der Waals surface area contributed by atoms with Crippen molar-refractivity contribution in [2.45, 2.75) is 17.4 Å². The lowest BCUT2D eigenvalue weighted by Gasteiger charge is -2.20. The van der Waals surface area contributed by atoms with Gasteiger partial charge >= 0.3 is 0 Å². The SMILES string of the molecule is O=CC1CN(S(=O)(=O)c2ccccc2)c2cccc(OCc3ccccc3)c21. The average Bonchev–Trinajstić information content (AvgIpc) is 3.14. The number of aldehydes is 1. The van der Waals surface area contributed by atoms with E-state index in [1.54, 1.807) is 48.5 Å². The minimum absolute atomic E-state index is 0.0712. The second-order valence-corrected chi connectivity index (χ2v) is 8.42. The summed E-state index contributed by atoms with van der Waals surface area (Å²) in [5.41, 5.74) is 2.11. The van der Waals surface area contributed by atoms with Crippen molar-refractivity contribution in [1.82, 2.24) is 0 Å². The molecule has 1 unspecified atom stereocenters. The predicted octanol–water partition coefficient (Wildman–Crippen LogP) is 3.76. The van der Waals surface area contributed by atoms with Crippen LogP contribution in [0.1, 0.15) is 17.0 Å². The normalized spacial score (nSPS) is 15.9. The van der Waals surface area contributed by atoms with E-state index in [0.29, 0.717) is 23.6 Å². The summed E-state index contributed by atoms with van der Waals surface area (Å²) in [4.78, 5) is 11.9. The van der Waals surface area contributed by atoms with Crippen molar-refractivity contribution >= 4 is 22.0 Å². The minimum atomic E-state index is -3.76. The second-order valence-electron chi connectivity index (χ2n) is 6.55. The van der Waals surface area contributed by atoms with E-state index in [0.717, 1.165) is 11.8 Å². The largest absolute Gasteiger partial charge is 0.489 e. The molecule has 0 amide bonds. The highest BCUT2D eigenvalue weighted by Crippen LogP contribution is 2.44. The van der Waals surface area contributed by atoms with Crippen LogP contribution in [-0.2, 0) is 21.4 Å². The maximum atomic E-state index is 13.1. The third-order valence-corrected chi connectivity index (χ3v) is 6.57. The van der Waals surface area contributed by atoms with Gasteiger partial charge in [-0.2, -0.15) is 0 Å². The van der Waals surface area contributed by atoms with Gasteiger partial charge in [0.05, 0.1) is 16.5 Å². The molecule has 4 rings (SSSR count). The van der Waals surface area contributed by atoms with Crippen LogP contribution in [0.15, 0.2) is 83.8 Å². The first kappa shape index (κ1) is 18.3. The number of rotatable bonds is 6. The quantitative estimate of drug-likeness (QED) is 0.598. The van der Waals surface area contributed by atoms with Gasteiger partial charge in [-0.3, -0.25) is 4.31 Å². The molecule has 1 heterocycles. The van der Waals surface area contributed by atoms with Gasteiger partial charge < -0.3 is 9.53 Å². The fourth-order valence-electron chi connectivity index (χ4n) is 3.41. The Morgan fingerprint density at radius 1 is 0.929 bits per heavy atom. The van der Waals surface area contributed by atoms with E-state index >= 15 is 0 Å². The molecule has 28 heavy (non-hydrogen) atoms. The Balaban J connectivity index is 1.70. The molecule has 0 aliphatic carbocycles. The van der Waals surface area contributed by atoms with E-state index < -0.39 is 15.9 Å². The zero-order chi connectivity index (χ0) is 19.6. The lowest BCUT2D eigenvalue weighted by molar-refractivity contribution is -0.108. The van der Waals surface area contributed by atoms with Crippen molar-refractivity contribution < 1.29 is 17.9 Å². The zero-order valence-corrected chi connectivity index (χ0v) is 15.9. The summed E-state index contributed by atoms with van der Waals surface area (Å²) < 4.78 is 33.5. The number of sulfonamides is 1. The number of benzene rings is 3. The van der Waals surface area contributed by atoms with Crippen LogP contribution < -0.4 is 9.04 Å². The van der Waals surface area contributed by atoms with Crippen molar-refractivity contribution in [2.75, 3.05) is 10.8 Å². The predicted molar refractivity (Wildman–Crippen MR) is 107 cm³/mol. The number of fused-ring (bicyclic) bond motifs is 1. The van der Waals surface area contributed by atoms with Gasteiger partial charge in [-0.05, 0) is 29.8 Å². The van der Waals surface area contributed by atoms with E-state index in [-0.39, 0.29) is 11.4 Å². The molecule has 0 aromatic heterocycles. The van der Waals surface area contributed by atoms with Gasteiger partial charge in [-0.1, -0.05) is 54.6 Å². The lowest BCUT2D eigenvalue weighted by Crippen LogP contribution is -2.30. The van der Waals surface area contributed by atoms with Gasteiger partial charge in [-0.25, -0.2) is 8.42 Å². The number of hydrogen-bond donors (Lipinski definition) is 0. The molecule has 6 heteroatoms. The Morgan fingerprint density at radius 3 is 2.29 bits per heavy atom. The summed E-state index contributed by atoms with van der Waals surface area (Å²) in [5.74, 6) is -0.0373. The molecule has 1 aliphatic rings. The van der Waals surface area contributed by atoms with Gasteiger partial charge in [0.1, 0.15) is 18.6 Å². The highest BCUT2D eigenvalue weighted by molar-refractivity contribution is 7.92. The standard InChI is InChI=1S/C22H19NO4S/c24-15-18-14-23(28(25,26)19-10-5-2-6-11-19)20-12-7-13-21(22(18)20)27-16-17-8-3-1-4-9-17/h1-13,15,18H,14,16H2. The molecule has 0 saturated heterocycles. The monoisotopic (exact) mass is 393 g/mol. The van der Waals surface area contributed by atoms with Crippen LogP contribution in [0.2, 0.25) is 0 Å². The highest BCUT2D eigenvalue weighted by atomic mass is 32.2. The van der Waals surface area contributed by atoms with Crippen molar-refractivity contribution in [3.05, 3.63) is 90.0 Å². The number of carbonyl (C=O) groups is 1. The van der Waals surface area contributed by atoms with E-state index in [4.69, 9.17) is 4.74 Å². The molecule has 0 N–H and O–H groups in total. The van der Waals surface area contributed by atoms with Gasteiger partial charge in [0.25, 0.3) is 10.0 Å². The first-order chi connectivity index (χ1) is 13.6. The Morgan fingerprint density at radius 2 is 1.61 bits per heavy atom. The van der Waals surface area contributed by atoms with Crippen LogP contribution >= 0.6 is 0 Å². The summed E-state index contributed by atoms with van der Waals surface area (Å²) in [6, 6.07) is 23.2. The van der Waals surface area contributed by atoms with E-state index in [1.165, 1.54) is 4.31 Å². The van der Waals surface area contributed by atoms with Crippen molar-refractivity contribution in [2.24, 2.45) is 0 Å². The molecule has 1 atom stereocenters. The van der Waals surface area contributed by atoms with Crippen molar-refractivity contribution in [1.29, 1.82) is 0 Å². The molecular formula is C22H19NO4S. The molecule has 1 aliphatic heterocycles. The van der Waals surface area contributed by atoms with Crippen LogP contribution in [0.4, 0.5) is 5.69 Å². The van der Waals surface area contributed by atoms with Gasteiger partial charge in [0.15, 0.2) is 0 Å². The summed E-state index contributed by atoms with van der Waals surface area (Å²) >= 11 is 0. The van der Waals surface area contributed by atoms with E-state index in [2.05, 4.69) is 0 Å². The van der Waals surface area contributed by atoms with Gasteiger partial charge in [-0.15, -0.1) is 0 Å². The first-order valence-electron chi connectivity index (χ1n) is 8.94. The highest BCUT2D eigenvalue weighted by Gasteiger charge is 2.38. The van der Waals surface area contributed by atoms with Crippen molar-refractivity contribution in [3.63, 3.8) is 0 Å². The lowest BCUT2D eigenvalue weighted by atomic mass is 10.0. The van der Waals surface area contributed by atoms with Crippen LogP contribution in [0.5, 0.6) is 5.75 Å². The Bertz CT molecular complexity index is 1080. The van der Waals surface area contributed by atoms with Crippen LogP contribution in [-0.4, -0.2) is 21.2 Å². The number of anilines is 1. The van der Waals surface area contributed by atoms with Crippen LogP contribution in [0, 0.1) is 0 Å². The number of ether oxygens (including phenoxy) is 1. The molecule has 0 fully saturated rings. The summed E-state index contributed by atoms with van der Waals surface area (Å²) in [6.45, 7) is 0.413. The Hall–Kier alpha value is -3.12. The smallest absolute Gasteiger partial charge is 0.264 e. The molecule has 142 valence electrons. The summed E-state index contributed by atoms with van der Waals surface area (Å²) in [6.07, 6.45) is 0.786. The zero-order valence-electron chi connectivity index (χ0n) is 15.1. The Kier molecular flexibility index (Phi) is 4.88. The fraction of sp³-hybridized carbons (Fsp3) is 0.136. The summed E-state index contributed by atoms with van der Waals surface area (Å²) in [5, 5.41) is 0. The van der Waals surface area contributed by atoms with Crippen LogP contribution in [0.25, 0.3) is 0 Å². The fourth-order valence-corrected chi connectivity index (χ4v) is 4.94. The third-order valence-electron chi connectivity index (χ3n) is 4.78. The molecule has 3 aromatic carbocycles. The molecule has 0 spiro atoms.